The molecule has 9 heteroatoms. The Kier molecular flexibility index (Phi) is 5.48. The van der Waals surface area contributed by atoms with Gasteiger partial charge < -0.3 is 10.1 Å². The summed E-state index contributed by atoms with van der Waals surface area (Å²) < 4.78 is 22.3. The van der Waals surface area contributed by atoms with Crippen LogP contribution in [-0.4, -0.2) is 25.1 Å². The molecular weight excluding hydrogens is 401 g/mol. The van der Waals surface area contributed by atoms with Crippen LogP contribution in [0.2, 0.25) is 0 Å². The monoisotopic (exact) mass is 421 g/mol. The van der Waals surface area contributed by atoms with Gasteiger partial charge in [0.2, 0.25) is 0 Å². The summed E-state index contributed by atoms with van der Waals surface area (Å²) in [6.45, 7) is 3.90. The molecule has 0 fully saturated rings. The molecule has 4 aromatic rings. The zero-order valence-electron chi connectivity index (χ0n) is 16.9. The van der Waals surface area contributed by atoms with Gasteiger partial charge >= 0.3 is 0 Å². The topological polar surface area (TPSA) is 90.5 Å². The molecule has 31 heavy (non-hydrogen) atoms. The summed E-state index contributed by atoms with van der Waals surface area (Å²) in [6.07, 6.45) is 1.57. The van der Waals surface area contributed by atoms with Crippen molar-refractivity contribution >= 4 is 17.4 Å². The highest BCUT2D eigenvalue weighted by Gasteiger charge is 2.13. The van der Waals surface area contributed by atoms with Crippen LogP contribution in [0, 0.1) is 5.82 Å². The average molecular weight is 421 g/mol. The maximum Gasteiger partial charge on any atom is 0.274 e. The molecular formula is C22H20FN5O3. The van der Waals surface area contributed by atoms with Crippen LogP contribution in [0.4, 0.5) is 10.1 Å². The number of ether oxygens (including phenoxy) is 1. The highest BCUT2D eigenvalue weighted by Crippen LogP contribution is 2.25. The van der Waals surface area contributed by atoms with Gasteiger partial charge in [-0.25, -0.2) is 9.37 Å². The predicted octanol–water partition coefficient (Wildman–Crippen LogP) is 3.44. The Bertz CT molecular complexity index is 1310. The van der Waals surface area contributed by atoms with E-state index in [9.17, 15) is 14.0 Å². The Hall–Kier alpha value is -4.01. The predicted molar refractivity (Wildman–Crippen MR) is 113 cm³/mol. The van der Waals surface area contributed by atoms with Gasteiger partial charge in [0, 0.05) is 17.7 Å². The SMILES string of the molecule is CC(C)n1cnc2nc(COc3ccccc3NC(=O)c3cccc(F)c3)cc(=O)n21. The van der Waals surface area contributed by atoms with Crippen molar-refractivity contribution in [3.8, 4) is 5.75 Å². The number of nitrogens with one attached hydrogen (secondary N) is 1. The number of carbonyl (C=O) groups is 1. The molecule has 0 aliphatic rings. The molecule has 4 rings (SSSR count). The number of benzene rings is 2. The lowest BCUT2D eigenvalue weighted by Gasteiger charge is -2.13. The maximum absolute atomic E-state index is 13.4. The number of anilines is 1. The highest BCUT2D eigenvalue weighted by atomic mass is 19.1. The van der Waals surface area contributed by atoms with Gasteiger partial charge in [-0.1, -0.05) is 18.2 Å². The van der Waals surface area contributed by atoms with Crippen LogP contribution in [-0.2, 0) is 6.61 Å². The normalized spacial score (nSPS) is 11.1. The maximum atomic E-state index is 13.4. The van der Waals surface area contributed by atoms with Crippen molar-refractivity contribution in [3.63, 3.8) is 0 Å². The Labute approximate surface area is 176 Å². The number of halogens is 1. The number of hydrogen-bond donors (Lipinski definition) is 1. The van der Waals surface area contributed by atoms with Gasteiger partial charge in [0.15, 0.2) is 0 Å². The Morgan fingerprint density at radius 1 is 1.16 bits per heavy atom. The van der Waals surface area contributed by atoms with Crippen LogP contribution in [0.15, 0.2) is 65.7 Å². The number of carbonyl (C=O) groups excluding carboxylic acids is 1. The molecule has 0 aliphatic carbocycles. The van der Waals surface area contributed by atoms with E-state index in [0.717, 1.165) is 6.07 Å². The molecule has 8 nitrogen and oxygen atoms in total. The van der Waals surface area contributed by atoms with Crippen molar-refractivity contribution in [3.05, 3.63) is 88.4 Å². The summed E-state index contributed by atoms with van der Waals surface area (Å²) in [7, 11) is 0. The summed E-state index contributed by atoms with van der Waals surface area (Å²) in [4.78, 5) is 33.5. The molecule has 0 bridgehead atoms. The fourth-order valence-electron chi connectivity index (χ4n) is 3.08. The van der Waals surface area contributed by atoms with Gasteiger partial charge in [0.05, 0.1) is 11.4 Å². The molecule has 0 saturated carbocycles. The van der Waals surface area contributed by atoms with Gasteiger partial charge in [0.25, 0.3) is 17.2 Å². The fourth-order valence-corrected chi connectivity index (χ4v) is 3.08. The summed E-state index contributed by atoms with van der Waals surface area (Å²) in [5.41, 5.74) is 0.752. The standard InChI is InChI=1S/C22H20FN5O3/c1-14(2)27-13-24-22-25-17(11-20(29)28(22)27)12-31-19-9-4-3-8-18(19)26-21(30)15-6-5-7-16(23)10-15/h3-11,13-14H,12H2,1-2H3,(H,26,30). The lowest BCUT2D eigenvalue weighted by molar-refractivity contribution is 0.102. The minimum Gasteiger partial charge on any atom is -0.485 e. The van der Waals surface area contributed by atoms with Crippen molar-refractivity contribution in [1.29, 1.82) is 0 Å². The Morgan fingerprint density at radius 3 is 2.74 bits per heavy atom. The zero-order chi connectivity index (χ0) is 22.0. The van der Waals surface area contributed by atoms with Crippen molar-refractivity contribution in [2.24, 2.45) is 0 Å². The number of nitrogens with zero attached hydrogens (tertiary/aromatic N) is 4. The van der Waals surface area contributed by atoms with E-state index < -0.39 is 11.7 Å². The second-order valence-corrected chi connectivity index (χ2v) is 7.17. The molecule has 1 N–H and O–H groups in total. The van der Waals surface area contributed by atoms with Crippen LogP contribution >= 0.6 is 0 Å². The summed E-state index contributed by atoms with van der Waals surface area (Å²) in [5.74, 6) is -0.285. The molecule has 0 unspecified atom stereocenters. The van der Waals surface area contributed by atoms with E-state index in [0.29, 0.717) is 17.1 Å². The average Bonchev–Trinajstić information content (AvgIpc) is 3.18. The first-order valence-electron chi connectivity index (χ1n) is 9.67. The quantitative estimate of drug-likeness (QED) is 0.515. The number of para-hydroxylation sites is 2. The number of rotatable bonds is 6. The van der Waals surface area contributed by atoms with E-state index in [-0.39, 0.29) is 29.5 Å². The lowest BCUT2D eigenvalue weighted by atomic mass is 10.2. The Balaban J connectivity index is 1.53. The molecule has 2 aromatic carbocycles. The van der Waals surface area contributed by atoms with E-state index in [4.69, 9.17) is 4.74 Å². The van der Waals surface area contributed by atoms with Crippen LogP contribution in [0.1, 0.15) is 35.9 Å². The van der Waals surface area contributed by atoms with Crippen LogP contribution in [0.3, 0.4) is 0 Å². The fraction of sp³-hybridized carbons (Fsp3) is 0.182. The first-order chi connectivity index (χ1) is 14.9. The number of hydrogen-bond acceptors (Lipinski definition) is 5. The molecule has 0 spiro atoms. The zero-order valence-corrected chi connectivity index (χ0v) is 16.9. The van der Waals surface area contributed by atoms with Gasteiger partial charge in [0.1, 0.15) is 24.5 Å². The van der Waals surface area contributed by atoms with Crippen molar-refractivity contribution in [1.82, 2.24) is 19.2 Å². The minimum absolute atomic E-state index is 0.00707. The van der Waals surface area contributed by atoms with E-state index in [2.05, 4.69) is 15.3 Å². The summed E-state index contributed by atoms with van der Waals surface area (Å²) in [6, 6.07) is 13.7. The largest absolute Gasteiger partial charge is 0.485 e. The summed E-state index contributed by atoms with van der Waals surface area (Å²) >= 11 is 0. The van der Waals surface area contributed by atoms with Gasteiger partial charge in [-0.05, 0) is 44.2 Å². The Morgan fingerprint density at radius 2 is 1.97 bits per heavy atom. The molecule has 0 atom stereocenters. The molecule has 158 valence electrons. The number of aromatic nitrogens is 4. The number of amides is 1. The molecule has 0 saturated heterocycles. The highest BCUT2D eigenvalue weighted by molar-refractivity contribution is 6.05. The smallest absolute Gasteiger partial charge is 0.274 e. The first-order valence-corrected chi connectivity index (χ1v) is 9.67. The third-order valence-electron chi connectivity index (χ3n) is 4.58. The second kappa shape index (κ2) is 8.39. The van der Waals surface area contributed by atoms with E-state index in [1.807, 2.05) is 13.8 Å². The lowest BCUT2D eigenvalue weighted by Crippen LogP contribution is -2.23. The molecule has 2 heterocycles. The van der Waals surface area contributed by atoms with E-state index in [1.54, 1.807) is 35.3 Å². The molecule has 1 amide bonds. The molecule has 0 radical (unpaired) electrons. The van der Waals surface area contributed by atoms with Crippen LogP contribution in [0.25, 0.3) is 5.78 Å². The van der Waals surface area contributed by atoms with Crippen LogP contribution in [0.5, 0.6) is 5.75 Å². The third kappa shape index (κ3) is 4.30. The van der Waals surface area contributed by atoms with E-state index in [1.165, 1.54) is 28.8 Å². The van der Waals surface area contributed by atoms with Crippen LogP contribution < -0.4 is 15.6 Å². The molecule has 0 aliphatic heterocycles. The second-order valence-electron chi connectivity index (χ2n) is 7.17. The van der Waals surface area contributed by atoms with Gasteiger partial charge in [-0.2, -0.15) is 9.50 Å². The minimum atomic E-state index is -0.496. The van der Waals surface area contributed by atoms with Crippen molar-refractivity contribution < 1.29 is 13.9 Å². The van der Waals surface area contributed by atoms with Crippen molar-refractivity contribution in [2.45, 2.75) is 26.5 Å². The van der Waals surface area contributed by atoms with E-state index >= 15 is 0 Å². The number of fused-ring (bicyclic) bond motifs is 1. The third-order valence-corrected chi connectivity index (χ3v) is 4.58. The van der Waals surface area contributed by atoms with Crippen molar-refractivity contribution in [2.75, 3.05) is 5.32 Å². The first kappa shape index (κ1) is 20.3. The molecule has 2 aromatic heterocycles. The van der Waals surface area contributed by atoms with Gasteiger partial charge in [-0.3, -0.25) is 14.3 Å². The summed E-state index contributed by atoms with van der Waals surface area (Å²) in [5, 5.41) is 2.71. The van der Waals surface area contributed by atoms with Gasteiger partial charge in [-0.15, -0.1) is 0 Å².